The predicted octanol–water partition coefficient (Wildman–Crippen LogP) is 4.20. The second-order valence-corrected chi connectivity index (χ2v) is 7.27. The van der Waals surface area contributed by atoms with Crippen molar-refractivity contribution in [3.63, 3.8) is 0 Å². The maximum atomic E-state index is 12.3. The first kappa shape index (κ1) is 19.9. The Morgan fingerprint density at radius 3 is 2.46 bits per heavy atom. The second kappa shape index (κ2) is 8.41. The molecule has 0 aliphatic rings. The Morgan fingerprint density at radius 1 is 1.07 bits per heavy atom. The van der Waals surface area contributed by atoms with Crippen LogP contribution in [0, 0.1) is 0 Å². The van der Waals surface area contributed by atoms with Gasteiger partial charge in [0.15, 0.2) is 16.3 Å². The van der Waals surface area contributed by atoms with Crippen molar-refractivity contribution in [1.29, 1.82) is 0 Å². The van der Waals surface area contributed by atoms with E-state index in [1.807, 2.05) is 24.3 Å². The number of benzene rings is 2. The van der Waals surface area contributed by atoms with E-state index in [0.29, 0.717) is 16.3 Å². The van der Waals surface area contributed by atoms with Gasteiger partial charge in [-0.05, 0) is 54.0 Å². The largest absolute Gasteiger partial charge is 0.451 e. The number of carbonyl (C=O) groups excluding carboxylic acids is 1. The molecule has 2 aromatic carbocycles. The Kier molecular flexibility index (Phi) is 5.96. The SMILES string of the molecule is CC(C)c1ccc(NC(=S)NNC(=O)c2cc(=O)c3cc(Cl)ccc3o2)cc1. The molecule has 0 fully saturated rings. The van der Waals surface area contributed by atoms with Gasteiger partial charge in [0.05, 0.1) is 5.39 Å². The zero-order valence-electron chi connectivity index (χ0n) is 15.2. The predicted molar refractivity (Wildman–Crippen MR) is 115 cm³/mol. The minimum Gasteiger partial charge on any atom is -0.451 e. The van der Waals surface area contributed by atoms with Crippen LogP contribution in [-0.4, -0.2) is 11.0 Å². The highest BCUT2D eigenvalue weighted by molar-refractivity contribution is 7.80. The molecule has 3 aromatic rings. The summed E-state index contributed by atoms with van der Waals surface area (Å²) in [5, 5.41) is 3.87. The molecule has 0 aliphatic carbocycles. The fraction of sp³-hybridized carbons (Fsp3) is 0.150. The van der Waals surface area contributed by atoms with Crippen molar-refractivity contribution in [2.24, 2.45) is 0 Å². The number of carbonyl (C=O) groups is 1. The van der Waals surface area contributed by atoms with Gasteiger partial charge >= 0.3 is 5.91 Å². The van der Waals surface area contributed by atoms with E-state index in [0.717, 1.165) is 11.8 Å². The maximum absolute atomic E-state index is 12.3. The van der Waals surface area contributed by atoms with Gasteiger partial charge in [0.2, 0.25) is 0 Å². The Hall–Kier alpha value is -2.90. The molecule has 1 heterocycles. The van der Waals surface area contributed by atoms with Crippen LogP contribution in [0.1, 0.15) is 35.9 Å². The zero-order chi connectivity index (χ0) is 20.3. The number of rotatable bonds is 3. The van der Waals surface area contributed by atoms with Crippen molar-refractivity contribution < 1.29 is 9.21 Å². The Morgan fingerprint density at radius 2 is 1.79 bits per heavy atom. The number of nitrogens with one attached hydrogen (secondary N) is 3. The van der Waals surface area contributed by atoms with Gasteiger partial charge in [-0.25, -0.2) is 0 Å². The minimum atomic E-state index is -0.631. The van der Waals surface area contributed by atoms with E-state index < -0.39 is 5.91 Å². The van der Waals surface area contributed by atoms with Crippen LogP contribution in [0.2, 0.25) is 5.02 Å². The lowest BCUT2D eigenvalue weighted by Gasteiger charge is -2.12. The summed E-state index contributed by atoms with van der Waals surface area (Å²) in [7, 11) is 0. The third-order valence-electron chi connectivity index (χ3n) is 4.04. The normalized spacial score (nSPS) is 10.7. The Balaban J connectivity index is 1.63. The molecule has 0 atom stereocenters. The molecule has 8 heteroatoms. The number of hydrogen-bond donors (Lipinski definition) is 3. The van der Waals surface area contributed by atoms with Crippen molar-refractivity contribution >= 4 is 51.5 Å². The number of anilines is 1. The summed E-state index contributed by atoms with van der Waals surface area (Å²) in [5.41, 5.74) is 6.89. The van der Waals surface area contributed by atoms with Gasteiger partial charge in [0.1, 0.15) is 5.58 Å². The van der Waals surface area contributed by atoms with E-state index in [4.69, 9.17) is 28.2 Å². The molecule has 1 amide bonds. The van der Waals surface area contributed by atoms with Gasteiger partial charge in [-0.15, -0.1) is 0 Å². The van der Waals surface area contributed by atoms with Crippen molar-refractivity contribution in [3.05, 3.63) is 75.1 Å². The van der Waals surface area contributed by atoms with E-state index in [1.54, 1.807) is 6.07 Å². The van der Waals surface area contributed by atoms with E-state index in [1.165, 1.54) is 17.7 Å². The highest BCUT2D eigenvalue weighted by Crippen LogP contribution is 2.18. The van der Waals surface area contributed by atoms with Gasteiger partial charge < -0.3 is 9.73 Å². The van der Waals surface area contributed by atoms with Crippen molar-refractivity contribution in [3.8, 4) is 0 Å². The summed E-state index contributed by atoms with van der Waals surface area (Å²) in [6, 6.07) is 13.5. The summed E-state index contributed by atoms with van der Waals surface area (Å²) < 4.78 is 5.47. The topological polar surface area (TPSA) is 83.4 Å². The summed E-state index contributed by atoms with van der Waals surface area (Å²) in [6.45, 7) is 4.23. The van der Waals surface area contributed by atoms with Gasteiger partial charge in [-0.2, -0.15) is 0 Å². The molecule has 3 N–H and O–H groups in total. The van der Waals surface area contributed by atoms with Gasteiger partial charge in [-0.1, -0.05) is 37.6 Å². The fourth-order valence-corrected chi connectivity index (χ4v) is 2.87. The first-order valence-electron chi connectivity index (χ1n) is 8.54. The lowest BCUT2D eigenvalue weighted by molar-refractivity contribution is 0.0917. The van der Waals surface area contributed by atoms with Gasteiger partial charge in [-0.3, -0.25) is 20.4 Å². The van der Waals surface area contributed by atoms with Crippen LogP contribution in [0.4, 0.5) is 5.69 Å². The van der Waals surface area contributed by atoms with Crippen LogP contribution >= 0.6 is 23.8 Å². The minimum absolute atomic E-state index is 0.142. The van der Waals surface area contributed by atoms with Crippen molar-refractivity contribution in [2.75, 3.05) is 5.32 Å². The number of fused-ring (bicyclic) bond motifs is 1. The average Bonchev–Trinajstić information content (AvgIpc) is 2.67. The molecule has 0 radical (unpaired) electrons. The van der Waals surface area contributed by atoms with Crippen LogP contribution in [0.5, 0.6) is 0 Å². The van der Waals surface area contributed by atoms with Gasteiger partial charge in [0.25, 0.3) is 0 Å². The Labute approximate surface area is 171 Å². The molecular formula is C20H18ClN3O3S. The summed E-state index contributed by atoms with van der Waals surface area (Å²) in [6.07, 6.45) is 0. The lowest BCUT2D eigenvalue weighted by atomic mass is 10.0. The van der Waals surface area contributed by atoms with E-state index in [9.17, 15) is 9.59 Å². The number of halogens is 1. The van der Waals surface area contributed by atoms with E-state index in [2.05, 4.69) is 30.0 Å². The third kappa shape index (κ3) is 4.68. The summed E-state index contributed by atoms with van der Waals surface area (Å²) in [4.78, 5) is 24.4. The smallest absolute Gasteiger partial charge is 0.305 e. The van der Waals surface area contributed by atoms with Crippen LogP contribution in [0.3, 0.4) is 0 Å². The molecule has 0 spiro atoms. The molecular weight excluding hydrogens is 398 g/mol. The molecule has 0 saturated carbocycles. The molecule has 6 nitrogen and oxygen atoms in total. The molecule has 0 unspecified atom stereocenters. The Bertz CT molecular complexity index is 1090. The lowest BCUT2D eigenvalue weighted by Crippen LogP contribution is -2.43. The van der Waals surface area contributed by atoms with Crippen LogP contribution in [-0.2, 0) is 0 Å². The van der Waals surface area contributed by atoms with Crippen molar-refractivity contribution in [1.82, 2.24) is 10.9 Å². The highest BCUT2D eigenvalue weighted by atomic mass is 35.5. The zero-order valence-corrected chi connectivity index (χ0v) is 16.8. The fourth-order valence-electron chi connectivity index (χ4n) is 2.53. The molecule has 1 aromatic heterocycles. The van der Waals surface area contributed by atoms with Crippen LogP contribution in [0.15, 0.2) is 57.7 Å². The molecule has 144 valence electrons. The maximum Gasteiger partial charge on any atom is 0.305 e. The molecule has 3 rings (SSSR count). The monoisotopic (exact) mass is 415 g/mol. The second-order valence-electron chi connectivity index (χ2n) is 6.43. The molecule has 28 heavy (non-hydrogen) atoms. The van der Waals surface area contributed by atoms with E-state index >= 15 is 0 Å². The quantitative estimate of drug-likeness (QED) is 0.439. The number of thiocarbonyl (C=S) groups is 1. The number of hydrazine groups is 1. The molecule has 0 saturated heterocycles. The summed E-state index contributed by atoms with van der Waals surface area (Å²) >= 11 is 11.0. The molecule has 0 aliphatic heterocycles. The standard InChI is InChI=1S/C20H18ClN3O3S/c1-11(2)12-3-6-14(7-4-12)22-20(28)24-23-19(26)18-10-16(25)15-9-13(21)5-8-17(15)27-18/h3-11H,1-2H3,(H,23,26)(H2,22,24,28). The summed E-state index contributed by atoms with van der Waals surface area (Å²) in [5.74, 6) is -0.337. The first-order chi connectivity index (χ1) is 13.3. The highest BCUT2D eigenvalue weighted by Gasteiger charge is 2.13. The third-order valence-corrected chi connectivity index (χ3v) is 4.48. The van der Waals surface area contributed by atoms with Gasteiger partial charge in [0, 0.05) is 16.8 Å². The van der Waals surface area contributed by atoms with Crippen molar-refractivity contribution in [2.45, 2.75) is 19.8 Å². The van der Waals surface area contributed by atoms with E-state index in [-0.39, 0.29) is 21.9 Å². The molecule has 0 bridgehead atoms. The van der Waals surface area contributed by atoms with Crippen LogP contribution < -0.4 is 21.6 Å². The number of hydrogen-bond acceptors (Lipinski definition) is 4. The first-order valence-corrected chi connectivity index (χ1v) is 9.33. The van der Waals surface area contributed by atoms with Crippen LogP contribution in [0.25, 0.3) is 11.0 Å². The number of amides is 1. The average molecular weight is 416 g/mol.